The Bertz CT molecular complexity index is 565. The molecule has 0 aliphatic heterocycles. The minimum Gasteiger partial charge on any atom is -0.497 e. The largest absolute Gasteiger partial charge is 0.497 e. The van der Waals surface area contributed by atoms with Crippen molar-refractivity contribution in [2.75, 3.05) is 25.6 Å². The average molecular weight is 340 g/mol. The van der Waals surface area contributed by atoms with Crippen molar-refractivity contribution >= 4 is 38.7 Å². The van der Waals surface area contributed by atoms with Crippen LogP contribution in [0, 0.1) is 0 Å². The van der Waals surface area contributed by atoms with Crippen LogP contribution in [0.1, 0.15) is 9.67 Å². The van der Waals surface area contributed by atoms with Gasteiger partial charge in [-0.1, -0.05) is 0 Å². The Morgan fingerprint density at radius 1 is 1.32 bits per heavy atom. The number of hydrogen-bond donors (Lipinski definition) is 0. The first-order chi connectivity index (χ1) is 9.11. The molecule has 0 bridgehead atoms. The Hall–Kier alpha value is -1.33. The maximum Gasteiger partial charge on any atom is 0.193 e. The van der Waals surface area contributed by atoms with Crippen LogP contribution in [0.3, 0.4) is 0 Å². The van der Waals surface area contributed by atoms with Gasteiger partial charge >= 0.3 is 0 Å². The fourth-order valence-corrected chi connectivity index (χ4v) is 3.23. The van der Waals surface area contributed by atoms with Gasteiger partial charge in [0.25, 0.3) is 0 Å². The Kier molecular flexibility index (Phi) is 4.61. The number of ketones is 1. The van der Waals surface area contributed by atoms with Crippen molar-refractivity contribution in [3.63, 3.8) is 0 Å². The minimum absolute atomic E-state index is 0.111. The number of carbonyl (C=O) groups is 1. The molecule has 2 aromatic rings. The summed E-state index contributed by atoms with van der Waals surface area (Å²) in [6.45, 7) is 0.353. The number of anilines is 1. The van der Waals surface area contributed by atoms with Gasteiger partial charge in [0, 0.05) is 17.2 Å². The molecular weight excluding hydrogens is 326 g/mol. The number of benzene rings is 1. The van der Waals surface area contributed by atoms with E-state index in [0.29, 0.717) is 6.54 Å². The topological polar surface area (TPSA) is 29.5 Å². The SMILES string of the molecule is COc1ccc(N(C)CC(=O)c2sccc2Br)cc1. The molecule has 19 heavy (non-hydrogen) atoms. The zero-order valence-corrected chi connectivity index (χ0v) is 13.1. The smallest absolute Gasteiger partial charge is 0.193 e. The van der Waals surface area contributed by atoms with Gasteiger partial charge in [0.2, 0.25) is 0 Å². The third-order valence-electron chi connectivity index (χ3n) is 2.76. The van der Waals surface area contributed by atoms with Gasteiger partial charge in [-0.25, -0.2) is 0 Å². The number of Topliss-reactive ketones (excluding diaryl/α,β-unsaturated/α-hetero) is 1. The highest BCUT2D eigenvalue weighted by Crippen LogP contribution is 2.24. The molecule has 5 heteroatoms. The number of likely N-dealkylation sites (N-methyl/N-ethyl adjacent to an activating group) is 1. The van der Waals surface area contributed by atoms with E-state index in [0.717, 1.165) is 20.8 Å². The number of rotatable bonds is 5. The number of ether oxygens (including phenoxy) is 1. The second-order valence-electron chi connectivity index (χ2n) is 4.07. The lowest BCUT2D eigenvalue weighted by atomic mass is 10.2. The second kappa shape index (κ2) is 6.21. The zero-order valence-electron chi connectivity index (χ0n) is 10.7. The van der Waals surface area contributed by atoms with Crippen molar-refractivity contribution in [2.24, 2.45) is 0 Å². The van der Waals surface area contributed by atoms with Gasteiger partial charge in [0.1, 0.15) is 5.75 Å². The third-order valence-corrected chi connectivity index (χ3v) is 4.64. The van der Waals surface area contributed by atoms with Crippen molar-refractivity contribution in [1.29, 1.82) is 0 Å². The first kappa shape index (κ1) is 14.1. The summed E-state index contributed by atoms with van der Waals surface area (Å²) in [7, 11) is 3.54. The normalized spacial score (nSPS) is 10.3. The fraction of sp³-hybridized carbons (Fsp3) is 0.214. The molecule has 0 N–H and O–H groups in total. The number of nitrogens with zero attached hydrogens (tertiary/aromatic N) is 1. The Morgan fingerprint density at radius 2 is 2.00 bits per heavy atom. The first-order valence-electron chi connectivity index (χ1n) is 5.73. The average Bonchev–Trinajstić information content (AvgIpc) is 2.85. The maximum absolute atomic E-state index is 12.1. The summed E-state index contributed by atoms with van der Waals surface area (Å²) < 4.78 is 5.98. The highest BCUT2D eigenvalue weighted by molar-refractivity contribution is 9.10. The van der Waals surface area contributed by atoms with Crippen LogP contribution < -0.4 is 9.64 Å². The third kappa shape index (κ3) is 3.36. The number of carbonyl (C=O) groups excluding carboxylic acids is 1. The standard InChI is InChI=1S/C14H14BrNO2S/c1-16(10-3-5-11(18-2)6-4-10)9-13(17)14-12(15)7-8-19-14/h3-8H,9H2,1-2H3. The summed E-state index contributed by atoms with van der Waals surface area (Å²) in [4.78, 5) is 14.8. The molecule has 2 rings (SSSR count). The molecule has 0 amide bonds. The van der Waals surface area contributed by atoms with Gasteiger partial charge in [0.05, 0.1) is 18.5 Å². The van der Waals surface area contributed by atoms with Gasteiger partial charge in [-0.2, -0.15) is 0 Å². The molecule has 0 saturated heterocycles. The molecule has 0 unspecified atom stereocenters. The Labute approximate surface area is 124 Å². The van der Waals surface area contributed by atoms with Crippen LogP contribution in [0.25, 0.3) is 0 Å². The van der Waals surface area contributed by atoms with E-state index in [4.69, 9.17) is 4.74 Å². The van der Waals surface area contributed by atoms with E-state index < -0.39 is 0 Å². The molecule has 0 atom stereocenters. The molecule has 0 aliphatic rings. The molecule has 1 aromatic heterocycles. The number of methoxy groups -OCH3 is 1. The lowest BCUT2D eigenvalue weighted by Gasteiger charge is -2.18. The maximum atomic E-state index is 12.1. The predicted octanol–water partition coefficient (Wildman–Crippen LogP) is 3.84. The second-order valence-corrected chi connectivity index (χ2v) is 5.85. The molecule has 0 radical (unpaired) electrons. The van der Waals surface area contributed by atoms with Gasteiger partial charge in [-0.15, -0.1) is 11.3 Å². The first-order valence-corrected chi connectivity index (χ1v) is 7.40. The molecule has 0 fully saturated rings. The zero-order chi connectivity index (χ0) is 13.8. The van der Waals surface area contributed by atoms with Gasteiger partial charge in [-0.05, 0) is 51.6 Å². The fourth-order valence-electron chi connectivity index (χ4n) is 1.71. The summed E-state index contributed by atoms with van der Waals surface area (Å²) in [6.07, 6.45) is 0. The van der Waals surface area contributed by atoms with Crippen LogP contribution in [0.2, 0.25) is 0 Å². The van der Waals surface area contributed by atoms with Crippen molar-refractivity contribution in [2.45, 2.75) is 0 Å². The summed E-state index contributed by atoms with van der Waals surface area (Å²) >= 11 is 4.84. The number of hydrogen-bond acceptors (Lipinski definition) is 4. The molecule has 1 heterocycles. The molecule has 0 saturated carbocycles. The van der Waals surface area contributed by atoms with E-state index in [2.05, 4.69) is 15.9 Å². The van der Waals surface area contributed by atoms with Gasteiger partial charge in [-0.3, -0.25) is 4.79 Å². The van der Waals surface area contributed by atoms with E-state index in [-0.39, 0.29) is 5.78 Å². The van der Waals surface area contributed by atoms with Crippen LogP contribution >= 0.6 is 27.3 Å². The summed E-state index contributed by atoms with van der Waals surface area (Å²) in [5.74, 6) is 0.921. The van der Waals surface area contributed by atoms with E-state index in [9.17, 15) is 4.79 Å². The monoisotopic (exact) mass is 339 g/mol. The van der Waals surface area contributed by atoms with Crippen molar-refractivity contribution < 1.29 is 9.53 Å². The number of thiophene rings is 1. The van der Waals surface area contributed by atoms with Gasteiger partial charge in [0.15, 0.2) is 5.78 Å². The molecule has 3 nitrogen and oxygen atoms in total. The highest BCUT2D eigenvalue weighted by atomic mass is 79.9. The van der Waals surface area contributed by atoms with Crippen LogP contribution in [0.4, 0.5) is 5.69 Å². The van der Waals surface area contributed by atoms with E-state index in [1.54, 1.807) is 7.11 Å². The molecule has 0 aliphatic carbocycles. The van der Waals surface area contributed by atoms with Gasteiger partial charge < -0.3 is 9.64 Å². The van der Waals surface area contributed by atoms with Crippen molar-refractivity contribution in [3.8, 4) is 5.75 Å². The van der Waals surface area contributed by atoms with E-state index in [1.165, 1.54) is 11.3 Å². The number of halogens is 1. The summed E-state index contributed by atoms with van der Waals surface area (Å²) in [6, 6.07) is 9.55. The van der Waals surface area contributed by atoms with E-state index >= 15 is 0 Å². The Morgan fingerprint density at radius 3 is 2.53 bits per heavy atom. The molecule has 100 valence electrons. The van der Waals surface area contributed by atoms with Crippen molar-refractivity contribution in [1.82, 2.24) is 0 Å². The summed E-state index contributed by atoms with van der Waals surface area (Å²) in [5.41, 5.74) is 0.988. The lowest BCUT2D eigenvalue weighted by Crippen LogP contribution is -2.25. The lowest BCUT2D eigenvalue weighted by molar-refractivity contribution is 0.100. The predicted molar refractivity (Wildman–Crippen MR) is 82.6 cm³/mol. The van der Waals surface area contributed by atoms with Crippen LogP contribution in [-0.4, -0.2) is 26.5 Å². The molecule has 1 aromatic carbocycles. The summed E-state index contributed by atoms with van der Waals surface area (Å²) in [5, 5.41) is 1.91. The Balaban J connectivity index is 2.06. The van der Waals surface area contributed by atoms with Crippen LogP contribution in [0.5, 0.6) is 5.75 Å². The molecule has 0 spiro atoms. The highest BCUT2D eigenvalue weighted by Gasteiger charge is 2.14. The van der Waals surface area contributed by atoms with Crippen molar-refractivity contribution in [3.05, 3.63) is 45.1 Å². The van der Waals surface area contributed by atoms with Crippen LogP contribution in [0.15, 0.2) is 40.2 Å². The molecular formula is C14H14BrNO2S. The van der Waals surface area contributed by atoms with Crippen LogP contribution in [-0.2, 0) is 0 Å². The quantitative estimate of drug-likeness (QED) is 0.775. The minimum atomic E-state index is 0.111. The van der Waals surface area contributed by atoms with E-state index in [1.807, 2.05) is 47.7 Å².